The number of likely N-dealkylation sites (N-methyl/N-ethyl adjacent to an activating group) is 1. The maximum Gasteiger partial charge on any atom is 0.121 e. The molecule has 2 aromatic rings. The number of hydrogen-bond acceptors (Lipinski definition) is 4. The lowest BCUT2D eigenvalue weighted by molar-refractivity contribution is 0.386. The highest BCUT2D eigenvalue weighted by Crippen LogP contribution is 2.22. The van der Waals surface area contributed by atoms with Gasteiger partial charge < -0.3 is 19.5 Å². The van der Waals surface area contributed by atoms with Crippen LogP contribution in [0.4, 0.5) is 0 Å². The predicted octanol–water partition coefficient (Wildman–Crippen LogP) is 1.76. The summed E-state index contributed by atoms with van der Waals surface area (Å²) in [5.41, 5.74) is 2.21. The zero-order chi connectivity index (χ0) is 15.2. The zero-order valence-corrected chi connectivity index (χ0v) is 13.5. The van der Waals surface area contributed by atoms with Crippen molar-refractivity contribution in [3.05, 3.63) is 24.0 Å². The standard InChI is InChI=1S/C16H26N4O/c1-17-9-8-16-18-14-12-13(21-4)6-7-15(14)20(16)11-5-10-19(2)3/h6-7,12,17H,5,8-11H2,1-4H3. The molecular formula is C16H26N4O. The summed E-state index contributed by atoms with van der Waals surface area (Å²) in [6, 6.07) is 6.13. The van der Waals surface area contributed by atoms with Crippen LogP contribution in [0.1, 0.15) is 12.2 Å². The van der Waals surface area contributed by atoms with Gasteiger partial charge in [0, 0.05) is 25.6 Å². The molecular weight excluding hydrogens is 264 g/mol. The van der Waals surface area contributed by atoms with E-state index in [1.165, 1.54) is 5.52 Å². The van der Waals surface area contributed by atoms with Crippen molar-refractivity contribution in [2.45, 2.75) is 19.4 Å². The molecule has 0 aliphatic carbocycles. The summed E-state index contributed by atoms with van der Waals surface area (Å²) in [5, 5.41) is 3.20. The van der Waals surface area contributed by atoms with Crippen LogP contribution in [-0.2, 0) is 13.0 Å². The molecule has 0 saturated carbocycles. The van der Waals surface area contributed by atoms with Crippen LogP contribution in [-0.4, -0.2) is 55.8 Å². The normalized spacial score (nSPS) is 11.5. The SMILES string of the molecule is CNCCc1nc2cc(OC)ccc2n1CCCN(C)C. The highest BCUT2D eigenvalue weighted by atomic mass is 16.5. The quantitative estimate of drug-likeness (QED) is 0.804. The van der Waals surface area contributed by atoms with E-state index in [2.05, 4.69) is 34.9 Å². The van der Waals surface area contributed by atoms with Crippen molar-refractivity contribution < 1.29 is 4.74 Å². The van der Waals surface area contributed by atoms with Gasteiger partial charge in [-0.3, -0.25) is 0 Å². The molecule has 0 unspecified atom stereocenters. The van der Waals surface area contributed by atoms with Gasteiger partial charge in [-0.05, 0) is 46.2 Å². The van der Waals surface area contributed by atoms with Crippen LogP contribution >= 0.6 is 0 Å². The monoisotopic (exact) mass is 290 g/mol. The number of nitrogens with zero attached hydrogens (tertiary/aromatic N) is 3. The molecule has 1 aromatic carbocycles. The Morgan fingerprint density at radius 1 is 1.33 bits per heavy atom. The molecule has 0 amide bonds. The first-order valence-corrected chi connectivity index (χ1v) is 7.48. The van der Waals surface area contributed by atoms with Gasteiger partial charge >= 0.3 is 0 Å². The fourth-order valence-corrected chi connectivity index (χ4v) is 2.51. The van der Waals surface area contributed by atoms with E-state index in [4.69, 9.17) is 9.72 Å². The van der Waals surface area contributed by atoms with E-state index in [0.29, 0.717) is 0 Å². The number of rotatable bonds is 8. The van der Waals surface area contributed by atoms with E-state index >= 15 is 0 Å². The van der Waals surface area contributed by atoms with Crippen molar-refractivity contribution in [2.75, 3.05) is 41.3 Å². The Hall–Kier alpha value is -1.59. The van der Waals surface area contributed by atoms with Crippen molar-refractivity contribution >= 4 is 11.0 Å². The third-order valence-electron chi connectivity index (χ3n) is 3.62. The number of imidazole rings is 1. The summed E-state index contributed by atoms with van der Waals surface area (Å²) in [5.74, 6) is 2.01. The summed E-state index contributed by atoms with van der Waals surface area (Å²) in [7, 11) is 7.89. The Labute approximate surface area is 126 Å². The third kappa shape index (κ3) is 3.95. The van der Waals surface area contributed by atoms with Crippen LogP contribution in [0.5, 0.6) is 5.75 Å². The van der Waals surface area contributed by atoms with E-state index in [1.807, 2.05) is 19.2 Å². The van der Waals surface area contributed by atoms with Crippen molar-refractivity contribution in [1.82, 2.24) is 19.8 Å². The van der Waals surface area contributed by atoms with Gasteiger partial charge in [-0.15, -0.1) is 0 Å². The lowest BCUT2D eigenvalue weighted by Gasteiger charge is -2.12. The predicted molar refractivity (Wildman–Crippen MR) is 87.1 cm³/mol. The molecule has 1 aromatic heterocycles. The molecule has 1 N–H and O–H groups in total. The lowest BCUT2D eigenvalue weighted by Crippen LogP contribution is -2.17. The molecule has 0 bridgehead atoms. The average Bonchev–Trinajstić information content (AvgIpc) is 2.81. The summed E-state index contributed by atoms with van der Waals surface area (Å²) in [6.45, 7) is 3.02. The second kappa shape index (κ2) is 7.43. The van der Waals surface area contributed by atoms with E-state index in [1.54, 1.807) is 7.11 Å². The van der Waals surface area contributed by atoms with E-state index in [-0.39, 0.29) is 0 Å². The molecule has 0 fully saturated rings. The second-order valence-corrected chi connectivity index (χ2v) is 5.54. The Bertz CT molecular complexity index is 577. The van der Waals surface area contributed by atoms with Crippen LogP contribution in [0.25, 0.3) is 11.0 Å². The van der Waals surface area contributed by atoms with Crippen LogP contribution in [0.15, 0.2) is 18.2 Å². The Kier molecular flexibility index (Phi) is 5.59. The molecule has 0 atom stereocenters. The smallest absolute Gasteiger partial charge is 0.121 e. The van der Waals surface area contributed by atoms with Gasteiger partial charge in [-0.2, -0.15) is 0 Å². The van der Waals surface area contributed by atoms with Gasteiger partial charge in [0.25, 0.3) is 0 Å². The number of ether oxygens (including phenoxy) is 1. The molecule has 0 aliphatic heterocycles. The first-order chi connectivity index (χ1) is 10.2. The molecule has 1 heterocycles. The van der Waals surface area contributed by atoms with Crippen LogP contribution < -0.4 is 10.1 Å². The van der Waals surface area contributed by atoms with Crippen molar-refractivity contribution in [3.8, 4) is 5.75 Å². The largest absolute Gasteiger partial charge is 0.497 e. The topological polar surface area (TPSA) is 42.3 Å². The summed E-state index contributed by atoms with van der Waals surface area (Å²) < 4.78 is 7.64. The second-order valence-electron chi connectivity index (χ2n) is 5.54. The molecule has 21 heavy (non-hydrogen) atoms. The first-order valence-electron chi connectivity index (χ1n) is 7.48. The molecule has 5 nitrogen and oxygen atoms in total. The highest BCUT2D eigenvalue weighted by molar-refractivity contribution is 5.77. The molecule has 0 saturated heterocycles. The molecule has 5 heteroatoms. The average molecular weight is 290 g/mol. The van der Waals surface area contributed by atoms with Gasteiger partial charge in [0.1, 0.15) is 11.6 Å². The minimum atomic E-state index is 0.862. The molecule has 0 aliphatic rings. The van der Waals surface area contributed by atoms with Crippen molar-refractivity contribution in [1.29, 1.82) is 0 Å². The van der Waals surface area contributed by atoms with E-state index in [9.17, 15) is 0 Å². The highest BCUT2D eigenvalue weighted by Gasteiger charge is 2.11. The number of methoxy groups -OCH3 is 1. The number of aryl methyl sites for hydroxylation is 1. The van der Waals surface area contributed by atoms with E-state index < -0.39 is 0 Å². The first kappa shape index (κ1) is 15.8. The van der Waals surface area contributed by atoms with Crippen molar-refractivity contribution in [2.24, 2.45) is 0 Å². The number of benzene rings is 1. The van der Waals surface area contributed by atoms with Crippen molar-refractivity contribution in [3.63, 3.8) is 0 Å². The lowest BCUT2D eigenvalue weighted by atomic mass is 10.3. The number of nitrogens with one attached hydrogen (secondary N) is 1. The fraction of sp³-hybridized carbons (Fsp3) is 0.562. The van der Waals surface area contributed by atoms with Crippen LogP contribution in [0.2, 0.25) is 0 Å². The minimum Gasteiger partial charge on any atom is -0.497 e. The fourth-order valence-electron chi connectivity index (χ4n) is 2.51. The summed E-state index contributed by atoms with van der Waals surface area (Å²) >= 11 is 0. The summed E-state index contributed by atoms with van der Waals surface area (Å²) in [4.78, 5) is 7.00. The maximum absolute atomic E-state index is 5.30. The Balaban J connectivity index is 2.28. The number of hydrogen-bond donors (Lipinski definition) is 1. The molecule has 116 valence electrons. The van der Waals surface area contributed by atoms with Gasteiger partial charge in [0.05, 0.1) is 18.1 Å². The Morgan fingerprint density at radius 3 is 2.81 bits per heavy atom. The van der Waals surface area contributed by atoms with Gasteiger partial charge in [-0.1, -0.05) is 0 Å². The maximum atomic E-state index is 5.30. The minimum absolute atomic E-state index is 0.862. The molecule has 0 radical (unpaired) electrons. The van der Waals surface area contributed by atoms with Gasteiger partial charge in [-0.25, -0.2) is 4.98 Å². The third-order valence-corrected chi connectivity index (χ3v) is 3.62. The number of aromatic nitrogens is 2. The number of fused-ring (bicyclic) bond motifs is 1. The van der Waals surface area contributed by atoms with Gasteiger partial charge in [0.2, 0.25) is 0 Å². The van der Waals surface area contributed by atoms with Gasteiger partial charge in [0.15, 0.2) is 0 Å². The Morgan fingerprint density at radius 2 is 2.14 bits per heavy atom. The zero-order valence-electron chi connectivity index (χ0n) is 13.5. The van der Waals surface area contributed by atoms with Crippen LogP contribution in [0, 0.1) is 0 Å². The van der Waals surface area contributed by atoms with E-state index in [0.717, 1.165) is 49.6 Å². The molecule has 0 spiro atoms. The summed E-state index contributed by atoms with van der Waals surface area (Å²) in [6.07, 6.45) is 2.06. The molecule has 2 rings (SSSR count). The van der Waals surface area contributed by atoms with Crippen LogP contribution in [0.3, 0.4) is 0 Å².